The van der Waals surface area contributed by atoms with Crippen molar-refractivity contribution < 1.29 is 0 Å². The zero-order valence-corrected chi connectivity index (χ0v) is 7.40. The second-order valence-electron chi connectivity index (χ2n) is 2.64. The van der Waals surface area contributed by atoms with Gasteiger partial charge in [0.15, 0.2) is 0 Å². The number of unbranched alkanes of at least 4 members (excludes halogenated alkanes) is 1. The Morgan fingerprint density at radius 2 is 2.42 bits per heavy atom. The minimum absolute atomic E-state index is 0.910. The standard InChI is InChI=1S/C10H14N2/c1-2-3-7-11-9-10-6-4-5-8-12-10/h4-6,8-9H,2-3,7H2,1H3. The number of hydrogen-bond donors (Lipinski definition) is 0. The Labute approximate surface area is 73.4 Å². The van der Waals surface area contributed by atoms with Crippen LogP contribution >= 0.6 is 0 Å². The summed E-state index contributed by atoms with van der Waals surface area (Å²) in [6, 6.07) is 5.83. The molecule has 1 heterocycles. The first kappa shape index (κ1) is 8.91. The lowest BCUT2D eigenvalue weighted by molar-refractivity contribution is 0.810. The summed E-state index contributed by atoms with van der Waals surface area (Å²) in [5, 5.41) is 0. The molecule has 2 heteroatoms. The second-order valence-corrected chi connectivity index (χ2v) is 2.64. The minimum atomic E-state index is 0.910. The molecule has 0 bridgehead atoms. The number of aromatic nitrogens is 1. The fourth-order valence-electron chi connectivity index (χ4n) is 0.860. The zero-order chi connectivity index (χ0) is 8.65. The molecule has 0 aliphatic heterocycles. The highest BCUT2D eigenvalue weighted by molar-refractivity contribution is 5.76. The lowest BCUT2D eigenvalue weighted by atomic mass is 10.3. The third-order valence-electron chi connectivity index (χ3n) is 1.55. The summed E-state index contributed by atoms with van der Waals surface area (Å²) in [6.07, 6.45) is 5.96. The second kappa shape index (κ2) is 5.47. The van der Waals surface area contributed by atoms with E-state index in [4.69, 9.17) is 0 Å². The maximum absolute atomic E-state index is 4.24. The Balaban J connectivity index is 2.36. The third kappa shape index (κ3) is 3.28. The quantitative estimate of drug-likeness (QED) is 0.492. The third-order valence-corrected chi connectivity index (χ3v) is 1.55. The fourth-order valence-corrected chi connectivity index (χ4v) is 0.860. The molecule has 64 valence electrons. The highest BCUT2D eigenvalue weighted by Gasteiger charge is 1.84. The molecule has 0 spiro atoms. The van der Waals surface area contributed by atoms with Gasteiger partial charge in [-0.25, -0.2) is 0 Å². The van der Waals surface area contributed by atoms with E-state index < -0.39 is 0 Å². The van der Waals surface area contributed by atoms with Gasteiger partial charge >= 0.3 is 0 Å². The van der Waals surface area contributed by atoms with Gasteiger partial charge in [-0.15, -0.1) is 0 Å². The molecule has 2 nitrogen and oxygen atoms in total. The van der Waals surface area contributed by atoms with Crippen molar-refractivity contribution in [3.63, 3.8) is 0 Å². The van der Waals surface area contributed by atoms with E-state index in [1.807, 2.05) is 24.4 Å². The fraction of sp³-hybridized carbons (Fsp3) is 0.400. The molecule has 12 heavy (non-hydrogen) atoms. The van der Waals surface area contributed by atoms with Crippen LogP contribution in [0.3, 0.4) is 0 Å². The van der Waals surface area contributed by atoms with Gasteiger partial charge in [-0.05, 0) is 18.6 Å². The van der Waals surface area contributed by atoms with Crippen LogP contribution in [0.1, 0.15) is 25.5 Å². The minimum Gasteiger partial charge on any atom is -0.291 e. The van der Waals surface area contributed by atoms with Crippen LogP contribution in [0.25, 0.3) is 0 Å². The molecule has 1 rings (SSSR count). The molecular weight excluding hydrogens is 148 g/mol. The number of rotatable bonds is 4. The smallest absolute Gasteiger partial charge is 0.0807 e. The SMILES string of the molecule is CCCCN=Cc1ccccn1. The van der Waals surface area contributed by atoms with E-state index in [-0.39, 0.29) is 0 Å². The number of aliphatic imine (C=N–C) groups is 1. The Bertz CT molecular complexity index is 229. The summed E-state index contributed by atoms with van der Waals surface area (Å²) in [5.74, 6) is 0. The van der Waals surface area contributed by atoms with Crippen LogP contribution in [0.5, 0.6) is 0 Å². The average Bonchev–Trinajstić information content (AvgIpc) is 2.14. The van der Waals surface area contributed by atoms with Gasteiger partial charge in [0.25, 0.3) is 0 Å². The zero-order valence-electron chi connectivity index (χ0n) is 7.40. The molecule has 0 saturated heterocycles. The van der Waals surface area contributed by atoms with E-state index in [0.29, 0.717) is 0 Å². The monoisotopic (exact) mass is 162 g/mol. The number of nitrogens with zero attached hydrogens (tertiary/aromatic N) is 2. The van der Waals surface area contributed by atoms with Crippen LogP contribution in [-0.2, 0) is 0 Å². The van der Waals surface area contributed by atoms with E-state index in [1.165, 1.54) is 6.42 Å². The van der Waals surface area contributed by atoms with Crippen LogP contribution < -0.4 is 0 Å². The van der Waals surface area contributed by atoms with E-state index in [9.17, 15) is 0 Å². The largest absolute Gasteiger partial charge is 0.291 e. The van der Waals surface area contributed by atoms with Crippen molar-refractivity contribution in [2.24, 2.45) is 4.99 Å². The molecule has 0 amide bonds. The normalized spacial score (nSPS) is 10.8. The Morgan fingerprint density at radius 3 is 3.08 bits per heavy atom. The van der Waals surface area contributed by atoms with Crippen LogP contribution in [0.4, 0.5) is 0 Å². The Hall–Kier alpha value is -1.18. The first-order chi connectivity index (χ1) is 5.93. The molecule has 0 N–H and O–H groups in total. The summed E-state index contributed by atoms with van der Waals surface area (Å²) in [5.41, 5.74) is 0.939. The molecule has 1 aromatic heterocycles. The van der Waals surface area contributed by atoms with E-state index in [1.54, 1.807) is 6.20 Å². The molecule has 0 radical (unpaired) electrons. The topological polar surface area (TPSA) is 25.2 Å². The lowest BCUT2D eigenvalue weighted by Gasteiger charge is -1.90. The summed E-state index contributed by atoms with van der Waals surface area (Å²) < 4.78 is 0. The molecule has 0 unspecified atom stereocenters. The van der Waals surface area contributed by atoms with Gasteiger partial charge in [0.05, 0.1) is 5.69 Å². The number of pyridine rings is 1. The van der Waals surface area contributed by atoms with E-state index in [0.717, 1.165) is 18.7 Å². The van der Waals surface area contributed by atoms with Crippen molar-refractivity contribution in [3.05, 3.63) is 30.1 Å². The van der Waals surface area contributed by atoms with Crippen LogP contribution in [0, 0.1) is 0 Å². The maximum Gasteiger partial charge on any atom is 0.0807 e. The van der Waals surface area contributed by atoms with Gasteiger partial charge in [-0.1, -0.05) is 19.4 Å². The summed E-state index contributed by atoms with van der Waals surface area (Å²) >= 11 is 0. The van der Waals surface area contributed by atoms with Crippen molar-refractivity contribution in [2.45, 2.75) is 19.8 Å². The van der Waals surface area contributed by atoms with Crippen LogP contribution in [0.2, 0.25) is 0 Å². The first-order valence-corrected chi connectivity index (χ1v) is 4.34. The molecule has 0 aromatic carbocycles. The van der Waals surface area contributed by atoms with Gasteiger partial charge in [0.1, 0.15) is 0 Å². The summed E-state index contributed by atoms with van der Waals surface area (Å²) in [4.78, 5) is 8.37. The summed E-state index contributed by atoms with van der Waals surface area (Å²) in [6.45, 7) is 3.07. The van der Waals surface area contributed by atoms with Gasteiger partial charge < -0.3 is 0 Å². The van der Waals surface area contributed by atoms with Crippen molar-refractivity contribution in [1.29, 1.82) is 0 Å². The maximum atomic E-state index is 4.24. The van der Waals surface area contributed by atoms with Crippen molar-refractivity contribution in [3.8, 4) is 0 Å². The van der Waals surface area contributed by atoms with Gasteiger partial charge in [0, 0.05) is 19.0 Å². The number of hydrogen-bond acceptors (Lipinski definition) is 2. The first-order valence-electron chi connectivity index (χ1n) is 4.34. The van der Waals surface area contributed by atoms with E-state index >= 15 is 0 Å². The predicted molar refractivity (Wildman–Crippen MR) is 51.6 cm³/mol. The van der Waals surface area contributed by atoms with Gasteiger partial charge in [-0.2, -0.15) is 0 Å². The Morgan fingerprint density at radius 1 is 1.50 bits per heavy atom. The molecular formula is C10H14N2. The summed E-state index contributed by atoms with van der Waals surface area (Å²) in [7, 11) is 0. The van der Waals surface area contributed by atoms with Crippen LogP contribution in [-0.4, -0.2) is 17.7 Å². The predicted octanol–water partition coefficient (Wildman–Crippen LogP) is 2.30. The van der Waals surface area contributed by atoms with E-state index in [2.05, 4.69) is 16.9 Å². The van der Waals surface area contributed by atoms with Crippen molar-refractivity contribution in [1.82, 2.24) is 4.98 Å². The highest BCUT2D eigenvalue weighted by atomic mass is 14.7. The van der Waals surface area contributed by atoms with Crippen molar-refractivity contribution >= 4 is 6.21 Å². The van der Waals surface area contributed by atoms with Gasteiger partial charge in [0.2, 0.25) is 0 Å². The molecule has 0 fully saturated rings. The Kier molecular flexibility index (Phi) is 4.06. The van der Waals surface area contributed by atoms with Crippen LogP contribution in [0.15, 0.2) is 29.4 Å². The molecule has 0 atom stereocenters. The average molecular weight is 162 g/mol. The van der Waals surface area contributed by atoms with Gasteiger partial charge in [-0.3, -0.25) is 9.98 Å². The molecule has 1 aromatic rings. The lowest BCUT2D eigenvalue weighted by Crippen LogP contribution is -1.86. The molecule has 0 aliphatic carbocycles. The molecule has 0 saturated carbocycles. The highest BCUT2D eigenvalue weighted by Crippen LogP contribution is 1.90. The van der Waals surface area contributed by atoms with Crippen molar-refractivity contribution in [2.75, 3.05) is 6.54 Å². The molecule has 0 aliphatic rings.